The van der Waals surface area contributed by atoms with Crippen LogP contribution < -0.4 is 5.32 Å². The summed E-state index contributed by atoms with van der Waals surface area (Å²) in [4.78, 5) is 16.9. The Morgan fingerprint density at radius 3 is 2.65 bits per heavy atom. The van der Waals surface area contributed by atoms with Gasteiger partial charge in [0, 0.05) is 10.9 Å². The number of carboxylic acid groups (broad SMARTS) is 1. The average molecular weight is 294 g/mol. The van der Waals surface area contributed by atoms with E-state index in [0.717, 1.165) is 34.0 Å². The average Bonchev–Trinajstić information content (AvgIpc) is 2.85. The molecule has 3 rings (SSSR count). The highest BCUT2D eigenvalue weighted by atomic mass is 32.1. The van der Waals surface area contributed by atoms with Gasteiger partial charge in [0.2, 0.25) is 0 Å². The molecule has 1 saturated carbocycles. The van der Waals surface area contributed by atoms with Crippen LogP contribution in [0.5, 0.6) is 0 Å². The van der Waals surface area contributed by atoms with Gasteiger partial charge in [0.25, 0.3) is 0 Å². The summed E-state index contributed by atoms with van der Waals surface area (Å²) in [6, 6.07) is 0.489. The Morgan fingerprint density at radius 2 is 2.00 bits per heavy atom. The number of rotatable bonds is 3. The molecule has 3 unspecified atom stereocenters. The smallest absolute Gasteiger partial charge is 0.312 e. The quantitative estimate of drug-likeness (QED) is 0.895. The summed E-state index contributed by atoms with van der Waals surface area (Å²) in [6.45, 7) is 4.62. The van der Waals surface area contributed by atoms with Gasteiger partial charge in [-0.1, -0.05) is 13.8 Å². The summed E-state index contributed by atoms with van der Waals surface area (Å²) in [7, 11) is 0. The van der Waals surface area contributed by atoms with Crippen LogP contribution in [-0.2, 0) is 11.2 Å². The molecule has 4 nitrogen and oxygen atoms in total. The standard InChI is InChI=1S/C15H22N2O2S/c1-8-5-9(2)7-10(6-8)16-15-17-13-11(14(18)19)3-4-12(13)20-15/h8-11H,3-7H2,1-2H3,(H,16,17)(H,18,19). The first-order valence-electron chi connectivity index (χ1n) is 7.52. The van der Waals surface area contributed by atoms with E-state index < -0.39 is 5.97 Å². The zero-order valence-electron chi connectivity index (χ0n) is 12.1. The van der Waals surface area contributed by atoms with Crippen molar-refractivity contribution in [2.75, 3.05) is 5.32 Å². The Labute approximate surface area is 123 Å². The van der Waals surface area contributed by atoms with E-state index in [4.69, 9.17) is 0 Å². The molecule has 1 aromatic heterocycles. The molecule has 2 aliphatic rings. The lowest BCUT2D eigenvalue weighted by Gasteiger charge is -2.31. The summed E-state index contributed by atoms with van der Waals surface area (Å²) in [5.41, 5.74) is 0.807. The Kier molecular flexibility index (Phi) is 3.71. The highest BCUT2D eigenvalue weighted by Gasteiger charge is 2.33. The summed E-state index contributed by atoms with van der Waals surface area (Å²) in [5, 5.41) is 13.7. The maximum Gasteiger partial charge on any atom is 0.312 e. The van der Waals surface area contributed by atoms with E-state index in [-0.39, 0.29) is 5.92 Å². The third kappa shape index (κ3) is 2.68. The van der Waals surface area contributed by atoms with Crippen LogP contribution in [0, 0.1) is 11.8 Å². The molecule has 20 heavy (non-hydrogen) atoms. The van der Waals surface area contributed by atoms with Gasteiger partial charge in [0.1, 0.15) is 5.92 Å². The van der Waals surface area contributed by atoms with E-state index >= 15 is 0 Å². The largest absolute Gasteiger partial charge is 0.481 e. The van der Waals surface area contributed by atoms with Crippen molar-refractivity contribution in [3.05, 3.63) is 10.6 Å². The Bertz CT molecular complexity index is 504. The molecular formula is C15H22N2O2S. The molecule has 1 aromatic rings. The van der Waals surface area contributed by atoms with Gasteiger partial charge in [-0.3, -0.25) is 4.79 Å². The van der Waals surface area contributed by atoms with E-state index in [1.54, 1.807) is 11.3 Å². The molecule has 1 fully saturated rings. The zero-order chi connectivity index (χ0) is 14.3. The second-order valence-corrected chi connectivity index (χ2v) is 7.60. The fourth-order valence-electron chi connectivity index (χ4n) is 3.77. The van der Waals surface area contributed by atoms with E-state index in [1.807, 2.05) is 0 Å². The van der Waals surface area contributed by atoms with Crippen molar-refractivity contribution < 1.29 is 9.90 Å². The van der Waals surface area contributed by atoms with Crippen molar-refractivity contribution in [1.82, 2.24) is 4.98 Å². The van der Waals surface area contributed by atoms with Gasteiger partial charge in [-0.15, -0.1) is 11.3 Å². The normalized spacial score (nSPS) is 32.9. The minimum absolute atomic E-state index is 0.388. The van der Waals surface area contributed by atoms with Gasteiger partial charge in [0.05, 0.1) is 5.69 Å². The number of hydrogen-bond donors (Lipinski definition) is 2. The summed E-state index contributed by atoms with van der Waals surface area (Å²) in [5.74, 6) is 0.395. The minimum atomic E-state index is -0.736. The number of fused-ring (bicyclic) bond motifs is 1. The number of aromatic nitrogens is 1. The first-order valence-corrected chi connectivity index (χ1v) is 8.33. The molecule has 0 spiro atoms. The van der Waals surface area contributed by atoms with Gasteiger partial charge in [-0.05, 0) is 43.9 Å². The summed E-state index contributed by atoms with van der Waals surface area (Å²) in [6.07, 6.45) is 5.27. The van der Waals surface area contributed by atoms with Crippen molar-refractivity contribution in [3.63, 3.8) is 0 Å². The number of carbonyl (C=O) groups is 1. The topological polar surface area (TPSA) is 62.2 Å². The van der Waals surface area contributed by atoms with Crippen LogP contribution in [0.2, 0.25) is 0 Å². The maximum absolute atomic E-state index is 11.2. The molecule has 1 heterocycles. The predicted octanol–water partition coefficient (Wildman–Crippen LogP) is 3.49. The first kappa shape index (κ1) is 13.9. The van der Waals surface area contributed by atoms with Crippen LogP contribution in [0.3, 0.4) is 0 Å². The molecule has 0 bridgehead atoms. The predicted molar refractivity (Wildman–Crippen MR) is 80.4 cm³/mol. The number of nitrogens with zero attached hydrogens (tertiary/aromatic N) is 1. The van der Waals surface area contributed by atoms with Crippen LogP contribution in [0.15, 0.2) is 0 Å². The number of thiazole rings is 1. The van der Waals surface area contributed by atoms with Crippen molar-refractivity contribution in [2.45, 2.75) is 57.9 Å². The van der Waals surface area contributed by atoms with Crippen molar-refractivity contribution in [1.29, 1.82) is 0 Å². The molecule has 5 heteroatoms. The number of aryl methyl sites for hydroxylation is 1. The second-order valence-electron chi connectivity index (χ2n) is 6.52. The molecule has 3 atom stereocenters. The number of carboxylic acids is 1. The lowest BCUT2D eigenvalue weighted by atomic mass is 9.80. The summed E-state index contributed by atoms with van der Waals surface area (Å²) < 4.78 is 0. The fraction of sp³-hybridized carbons (Fsp3) is 0.733. The highest BCUT2D eigenvalue weighted by molar-refractivity contribution is 7.15. The van der Waals surface area contributed by atoms with Gasteiger partial charge < -0.3 is 10.4 Å². The van der Waals surface area contributed by atoms with E-state index in [1.165, 1.54) is 19.3 Å². The molecule has 2 N–H and O–H groups in total. The summed E-state index contributed by atoms with van der Waals surface area (Å²) >= 11 is 1.65. The van der Waals surface area contributed by atoms with Gasteiger partial charge in [-0.2, -0.15) is 0 Å². The number of nitrogens with one attached hydrogen (secondary N) is 1. The second kappa shape index (κ2) is 5.35. The van der Waals surface area contributed by atoms with Crippen molar-refractivity contribution in [3.8, 4) is 0 Å². The molecule has 0 aliphatic heterocycles. The molecule has 0 saturated heterocycles. The fourth-order valence-corrected chi connectivity index (χ4v) is 4.88. The minimum Gasteiger partial charge on any atom is -0.481 e. The van der Waals surface area contributed by atoms with Gasteiger partial charge in [-0.25, -0.2) is 4.98 Å². The van der Waals surface area contributed by atoms with Crippen LogP contribution in [0.4, 0.5) is 5.13 Å². The lowest BCUT2D eigenvalue weighted by molar-refractivity contribution is -0.138. The van der Waals surface area contributed by atoms with Crippen LogP contribution in [0.1, 0.15) is 56.0 Å². The third-order valence-corrected chi connectivity index (χ3v) is 5.58. The molecule has 110 valence electrons. The third-order valence-electron chi connectivity index (χ3n) is 4.52. The van der Waals surface area contributed by atoms with Crippen molar-refractivity contribution >= 4 is 22.4 Å². The Balaban J connectivity index is 1.70. The van der Waals surface area contributed by atoms with Crippen LogP contribution >= 0.6 is 11.3 Å². The van der Waals surface area contributed by atoms with Gasteiger partial charge in [0.15, 0.2) is 5.13 Å². The Morgan fingerprint density at radius 1 is 1.30 bits per heavy atom. The lowest BCUT2D eigenvalue weighted by Crippen LogP contribution is -2.30. The molecule has 0 aromatic carbocycles. The van der Waals surface area contributed by atoms with E-state index in [2.05, 4.69) is 24.1 Å². The molecule has 2 aliphatic carbocycles. The highest BCUT2D eigenvalue weighted by Crippen LogP contribution is 2.39. The first-order chi connectivity index (χ1) is 9.52. The van der Waals surface area contributed by atoms with E-state index in [9.17, 15) is 9.90 Å². The number of hydrogen-bond acceptors (Lipinski definition) is 4. The number of aliphatic carboxylic acids is 1. The maximum atomic E-state index is 11.2. The number of anilines is 1. The van der Waals surface area contributed by atoms with Crippen LogP contribution in [0.25, 0.3) is 0 Å². The van der Waals surface area contributed by atoms with Crippen LogP contribution in [-0.4, -0.2) is 22.1 Å². The van der Waals surface area contributed by atoms with Crippen molar-refractivity contribution in [2.24, 2.45) is 11.8 Å². The Hall–Kier alpha value is -1.10. The molecule has 0 amide bonds. The SMILES string of the molecule is CC1CC(C)CC(Nc2nc3c(s2)CCC3C(=O)O)C1. The zero-order valence-corrected chi connectivity index (χ0v) is 12.9. The molecule has 0 radical (unpaired) electrons. The van der Waals surface area contributed by atoms with E-state index in [0.29, 0.717) is 12.5 Å². The molecular weight excluding hydrogens is 272 g/mol. The van der Waals surface area contributed by atoms with Gasteiger partial charge >= 0.3 is 5.97 Å². The monoisotopic (exact) mass is 294 g/mol.